The third-order valence-electron chi connectivity index (χ3n) is 2.57. The lowest BCUT2D eigenvalue weighted by molar-refractivity contribution is 0.613. The predicted octanol–water partition coefficient (Wildman–Crippen LogP) is 1.61. The molecular weight excluding hydrogens is 230 g/mol. The fourth-order valence-corrected chi connectivity index (χ4v) is 1.73. The van der Waals surface area contributed by atoms with Gasteiger partial charge in [0.05, 0.1) is 0 Å². The normalized spacial score (nSPS) is 10.9. The Labute approximate surface area is 104 Å². The summed E-state index contributed by atoms with van der Waals surface area (Å²) >= 11 is 0. The maximum Gasteiger partial charge on any atom is 0.295 e. The lowest BCUT2D eigenvalue weighted by Crippen LogP contribution is -2.06. The highest BCUT2D eigenvalue weighted by atomic mass is 16.4. The number of benzene rings is 1. The zero-order chi connectivity index (χ0) is 12.4. The van der Waals surface area contributed by atoms with Gasteiger partial charge in [0.15, 0.2) is 11.4 Å². The van der Waals surface area contributed by atoms with E-state index >= 15 is 0 Å². The molecule has 0 spiro atoms. The molecule has 0 fully saturated rings. The summed E-state index contributed by atoms with van der Waals surface area (Å²) in [5.41, 5.74) is 1.65. The number of hydrogen-bond donors (Lipinski definition) is 1. The van der Waals surface area contributed by atoms with Gasteiger partial charge in [-0.3, -0.25) is 4.68 Å². The first kappa shape index (κ1) is 10.8. The minimum Gasteiger partial charge on any atom is -0.424 e. The number of rotatable bonds is 4. The molecule has 0 aliphatic heterocycles. The zero-order valence-electron chi connectivity index (χ0n) is 10.00. The number of fused-ring (bicyclic) bond motifs is 1. The van der Waals surface area contributed by atoms with Crippen LogP contribution in [0.2, 0.25) is 0 Å². The summed E-state index contributed by atoms with van der Waals surface area (Å²) in [4.78, 5) is 8.48. The van der Waals surface area contributed by atoms with E-state index in [0.29, 0.717) is 12.6 Å². The van der Waals surface area contributed by atoms with E-state index in [2.05, 4.69) is 20.4 Å². The number of oxazole rings is 1. The SMILES string of the molecule is Cn1cnc(CCNc2nc3ccccc3o2)n1. The van der Waals surface area contributed by atoms with Crippen molar-refractivity contribution in [2.75, 3.05) is 11.9 Å². The standard InChI is InChI=1S/C12H13N5O/c1-17-8-14-11(16-17)6-7-13-12-15-9-4-2-3-5-10(9)18-12/h2-5,8H,6-7H2,1H3,(H,13,15). The third kappa shape index (κ3) is 2.17. The third-order valence-corrected chi connectivity index (χ3v) is 2.57. The van der Waals surface area contributed by atoms with Gasteiger partial charge in [0.1, 0.15) is 11.8 Å². The molecule has 1 N–H and O–H groups in total. The van der Waals surface area contributed by atoms with Gasteiger partial charge in [-0.1, -0.05) is 12.1 Å². The summed E-state index contributed by atoms with van der Waals surface area (Å²) < 4.78 is 7.23. The average Bonchev–Trinajstić information content (AvgIpc) is 2.95. The van der Waals surface area contributed by atoms with Crippen molar-refractivity contribution in [2.24, 2.45) is 7.05 Å². The van der Waals surface area contributed by atoms with Gasteiger partial charge in [-0.25, -0.2) is 4.98 Å². The van der Waals surface area contributed by atoms with Gasteiger partial charge in [-0.15, -0.1) is 0 Å². The monoisotopic (exact) mass is 243 g/mol. The van der Waals surface area contributed by atoms with Crippen LogP contribution in [0, 0.1) is 0 Å². The highest BCUT2D eigenvalue weighted by Crippen LogP contribution is 2.17. The number of anilines is 1. The molecule has 0 saturated heterocycles. The molecule has 0 saturated carbocycles. The fraction of sp³-hybridized carbons (Fsp3) is 0.250. The van der Waals surface area contributed by atoms with Crippen molar-refractivity contribution in [3.8, 4) is 0 Å². The minimum atomic E-state index is 0.534. The molecule has 18 heavy (non-hydrogen) atoms. The predicted molar refractivity (Wildman–Crippen MR) is 67.2 cm³/mol. The van der Waals surface area contributed by atoms with E-state index in [9.17, 15) is 0 Å². The maximum absolute atomic E-state index is 5.54. The van der Waals surface area contributed by atoms with E-state index < -0.39 is 0 Å². The maximum atomic E-state index is 5.54. The van der Waals surface area contributed by atoms with E-state index in [0.717, 1.165) is 23.3 Å². The number of hydrogen-bond acceptors (Lipinski definition) is 5. The molecule has 0 bridgehead atoms. The van der Waals surface area contributed by atoms with Gasteiger partial charge in [0.25, 0.3) is 6.01 Å². The van der Waals surface area contributed by atoms with Crippen LogP contribution in [-0.2, 0) is 13.5 Å². The number of aryl methyl sites for hydroxylation is 1. The van der Waals surface area contributed by atoms with E-state index in [1.54, 1.807) is 11.0 Å². The van der Waals surface area contributed by atoms with Crippen LogP contribution in [0.1, 0.15) is 5.82 Å². The van der Waals surface area contributed by atoms with Crippen molar-refractivity contribution in [3.05, 3.63) is 36.4 Å². The number of aromatic nitrogens is 4. The smallest absolute Gasteiger partial charge is 0.295 e. The van der Waals surface area contributed by atoms with Crippen molar-refractivity contribution in [1.82, 2.24) is 19.7 Å². The molecular formula is C12H13N5O. The Morgan fingerprint density at radius 3 is 3.00 bits per heavy atom. The second kappa shape index (κ2) is 4.48. The van der Waals surface area contributed by atoms with E-state index in [-0.39, 0.29) is 0 Å². The molecule has 0 aliphatic rings. The summed E-state index contributed by atoms with van der Waals surface area (Å²) in [5, 5.41) is 7.32. The first-order chi connectivity index (χ1) is 8.81. The Morgan fingerprint density at radius 1 is 1.33 bits per heavy atom. The first-order valence-corrected chi connectivity index (χ1v) is 5.75. The van der Waals surface area contributed by atoms with Crippen molar-refractivity contribution in [1.29, 1.82) is 0 Å². The summed E-state index contributed by atoms with van der Waals surface area (Å²) in [6.07, 6.45) is 2.42. The molecule has 0 atom stereocenters. The molecule has 92 valence electrons. The Balaban J connectivity index is 1.62. The molecule has 0 radical (unpaired) electrons. The molecule has 1 aromatic carbocycles. The Hall–Kier alpha value is -2.37. The van der Waals surface area contributed by atoms with E-state index in [1.165, 1.54) is 0 Å². The van der Waals surface area contributed by atoms with Gasteiger partial charge in [0.2, 0.25) is 0 Å². The minimum absolute atomic E-state index is 0.534. The Morgan fingerprint density at radius 2 is 2.22 bits per heavy atom. The Kier molecular flexibility index (Phi) is 2.68. The van der Waals surface area contributed by atoms with Crippen molar-refractivity contribution >= 4 is 17.1 Å². The van der Waals surface area contributed by atoms with Gasteiger partial charge in [-0.2, -0.15) is 10.1 Å². The number of nitrogens with zero attached hydrogens (tertiary/aromatic N) is 4. The Bertz CT molecular complexity index is 624. The van der Waals surface area contributed by atoms with Gasteiger partial charge in [-0.05, 0) is 12.1 Å². The largest absolute Gasteiger partial charge is 0.424 e. The summed E-state index contributed by atoms with van der Waals surface area (Å²) in [5.74, 6) is 0.807. The van der Waals surface area contributed by atoms with Crippen LogP contribution in [0.15, 0.2) is 35.0 Å². The van der Waals surface area contributed by atoms with Crippen molar-refractivity contribution in [2.45, 2.75) is 6.42 Å². The molecule has 0 unspecified atom stereocenters. The quantitative estimate of drug-likeness (QED) is 0.754. The second-order valence-corrected chi connectivity index (χ2v) is 4.00. The van der Waals surface area contributed by atoms with Crippen LogP contribution in [-0.4, -0.2) is 26.3 Å². The topological polar surface area (TPSA) is 68.8 Å². The summed E-state index contributed by atoms with van der Waals surface area (Å²) in [7, 11) is 1.85. The molecule has 3 aromatic rings. The molecule has 6 nitrogen and oxygen atoms in total. The lowest BCUT2D eigenvalue weighted by atomic mass is 10.3. The summed E-state index contributed by atoms with van der Waals surface area (Å²) in [6, 6.07) is 8.21. The molecule has 3 rings (SSSR count). The van der Waals surface area contributed by atoms with E-state index in [4.69, 9.17) is 4.42 Å². The highest BCUT2D eigenvalue weighted by molar-refractivity contribution is 5.74. The van der Waals surface area contributed by atoms with Crippen LogP contribution >= 0.6 is 0 Å². The highest BCUT2D eigenvalue weighted by Gasteiger charge is 2.04. The zero-order valence-corrected chi connectivity index (χ0v) is 10.00. The van der Waals surface area contributed by atoms with Crippen molar-refractivity contribution < 1.29 is 4.42 Å². The van der Waals surface area contributed by atoms with E-state index in [1.807, 2.05) is 31.3 Å². The van der Waals surface area contributed by atoms with Crippen LogP contribution in [0.4, 0.5) is 6.01 Å². The van der Waals surface area contributed by atoms with Crippen LogP contribution < -0.4 is 5.32 Å². The number of nitrogens with one attached hydrogen (secondary N) is 1. The van der Waals surface area contributed by atoms with Gasteiger partial charge in [0, 0.05) is 20.0 Å². The lowest BCUT2D eigenvalue weighted by Gasteiger charge is -1.97. The van der Waals surface area contributed by atoms with Crippen LogP contribution in [0.3, 0.4) is 0 Å². The summed E-state index contributed by atoms with van der Waals surface area (Å²) in [6.45, 7) is 0.691. The molecule has 0 amide bonds. The van der Waals surface area contributed by atoms with Gasteiger partial charge >= 0.3 is 0 Å². The molecule has 2 heterocycles. The van der Waals surface area contributed by atoms with Crippen molar-refractivity contribution in [3.63, 3.8) is 0 Å². The molecule has 2 aromatic heterocycles. The number of para-hydroxylation sites is 2. The molecule has 0 aliphatic carbocycles. The molecule has 6 heteroatoms. The van der Waals surface area contributed by atoms with Crippen LogP contribution in [0.5, 0.6) is 0 Å². The first-order valence-electron chi connectivity index (χ1n) is 5.75. The van der Waals surface area contributed by atoms with Gasteiger partial charge < -0.3 is 9.73 Å². The average molecular weight is 243 g/mol. The second-order valence-electron chi connectivity index (χ2n) is 4.00. The van der Waals surface area contributed by atoms with Crippen LogP contribution in [0.25, 0.3) is 11.1 Å². The fourth-order valence-electron chi connectivity index (χ4n) is 1.73.